The van der Waals surface area contributed by atoms with Gasteiger partial charge in [0.05, 0.1) is 13.2 Å². The van der Waals surface area contributed by atoms with Gasteiger partial charge in [-0.2, -0.15) is 0 Å². The van der Waals surface area contributed by atoms with Crippen molar-refractivity contribution in [3.63, 3.8) is 0 Å². The molecular weight excluding hydrogens is 338 g/mol. The SMILES string of the molecule is CCOC(=O)c1c(C)oc(NC(=O)c2ccc(C)cc2)c1C(=O)OCC. The molecule has 7 heteroatoms. The summed E-state index contributed by atoms with van der Waals surface area (Å²) in [5.41, 5.74) is 1.19. The number of furan rings is 1. The van der Waals surface area contributed by atoms with Crippen molar-refractivity contribution in [2.45, 2.75) is 27.7 Å². The van der Waals surface area contributed by atoms with Crippen molar-refractivity contribution in [2.75, 3.05) is 18.5 Å². The Bertz CT molecular complexity index is 819. The molecule has 0 saturated heterocycles. The number of amides is 1. The van der Waals surface area contributed by atoms with Crippen LogP contribution in [-0.4, -0.2) is 31.1 Å². The van der Waals surface area contributed by atoms with Gasteiger partial charge in [0.25, 0.3) is 5.91 Å². The van der Waals surface area contributed by atoms with Crippen LogP contribution >= 0.6 is 0 Å². The van der Waals surface area contributed by atoms with Crippen LogP contribution in [0.15, 0.2) is 28.7 Å². The van der Waals surface area contributed by atoms with Crippen molar-refractivity contribution in [3.05, 3.63) is 52.3 Å². The van der Waals surface area contributed by atoms with Gasteiger partial charge in [-0.05, 0) is 39.8 Å². The number of carbonyl (C=O) groups excluding carboxylic acids is 3. The smallest absolute Gasteiger partial charge is 0.344 e. The molecule has 0 unspecified atom stereocenters. The molecule has 1 aromatic heterocycles. The summed E-state index contributed by atoms with van der Waals surface area (Å²) in [7, 11) is 0. The normalized spacial score (nSPS) is 10.3. The summed E-state index contributed by atoms with van der Waals surface area (Å²) < 4.78 is 15.4. The number of hydrogen-bond acceptors (Lipinski definition) is 6. The highest BCUT2D eigenvalue weighted by atomic mass is 16.5. The summed E-state index contributed by atoms with van der Waals surface area (Å²) in [6.45, 7) is 6.95. The van der Waals surface area contributed by atoms with Gasteiger partial charge in [-0.15, -0.1) is 0 Å². The van der Waals surface area contributed by atoms with Crippen LogP contribution in [0.3, 0.4) is 0 Å². The van der Waals surface area contributed by atoms with E-state index in [1.807, 2.05) is 6.92 Å². The van der Waals surface area contributed by atoms with E-state index in [0.717, 1.165) is 5.56 Å². The maximum absolute atomic E-state index is 12.4. The van der Waals surface area contributed by atoms with E-state index in [1.165, 1.54) is 6.92 Å². The van der Waals surface area contributed by atoms with Gasteiger partial charge in [-0.25, -0.2) is 9.59 Å². The quantitative estimate of drug-likeness (QED) is 0.793. The van der Waals surface area contributed by atoms with Gasteiger partial charge in [-0.1, -0.05) is 17.7 Å². The molecule has 138 valence electrons. The Morgan fingerprint density at radius 3 is 2.00 bits per heavy atom. The molecule has 1 N–H and O–H groups in total. The van der Waals surface area contributed by atoms with Crippen LogP contribution in [0.2, 0.25) is 0 Å². The van der Waals surface area contributed by atoms with E-state index < -0.39 is 17.8 Å². The lowest BCUT2D eigenvalue weighted by atomic mass is 10.1. The van der Waals surface area contributed by atoms with E-state index >= 15 is 0 Å². The Morgan fingerprint density at radius 2 is 1.46 bits per heavy atom. The van der Waals surface area contributed by atoms with Crippen LogP contribution in [0.4, 0.5) is 5.88 Å². The second-order valence-corrected chi connectivity index (χ2v) is 5.50. The van der Waals surface area contributed by atoms with Crippen molar-refractivity contribution < 1.29 is 28.3 Å². The molecule has 0 aliphatic heterocycles. The Morgan fingerprint density at radius 1 is 0.923 bits per heavy atom. The standard InChI is InChI=1S/C19H21NO6/c1-5-24-18(22)14-12(4)26-17(15(14)19(23)25-6-2)20-16(21)13-9-7-11(3)8-10-13/h7-10H,5-6H2,1-4H3,(H,20,21). The molecule has 1 heterocycles. The summed E-state index contributed by atoms with van der Waals surface area (Å²) in [5.74, 6) is -1.95. The minimum atomic E-state index is -0.772. The van der Waals surface area contributed by atoms with Crippen LogP contribution in [0, 0.1) is 13.8 Å². The van der Waals surface area contributed by atoms with E-state index in [4.69, 9.17) is 13.9 Å². The van der Waals surface area contributed by atoms with E-state index in [9.17, 15) is 14.4 Å². The molecule has 0 fully saturated rings. The molecule has 2 rings (SSSR count). The summed E-state index contributed by atoms with van der Waals surface area (Å²) in [6, 6.07) is 6.88. The van der Waals surface area contributed by atoms with Gasteiger partial charge in [-0.3, -0.25) is 10.1 Å². The van der Waals surface area contributed by atoms with Gasteiger partial charge >= 0.3 is 11.9 Å². The van der Waals surface area contributed by atoms with Gasteiger partial charge in [0.1, 0.15) is 16.9 Å². The molecule has 0 spiro atoms. The highest BCUT2D eigenvalue weighted by Gasteiger charge is 2.31. The van der Waals surface area contributed by atoms with E-state index in [0.29, 0.717) is 5.56 Å². The van der Waals surface area contributed by atoms with Gasteiger partial charge in [0.15, 0.2) is 0 Å². The number of aryl methyl sites for hydroxylation is 2. The zero-order chi connectivity index (χ0) is 19.3. The highest BCUT2D eigenvalue weighted by Crippen LogP contribution is 2.29. The number of anilines is 1. The summed E-state index contributed by atoms with van der Waals surface area (Å²) in [6.07, 6.45) is 0. The lowest BCUT2D eigenvalue weighted by Crippen LogP contribution is -2.17. The van der Waals surface area contributed by atoms with E-state index in [2.05, 4.69) is 5.32 Å². The Labute approximate surface area is 151 Å². The lowest BCUT2D eigenvalue weighted by molar-refractivity contribution is 0.0480. The second-order valence-electron chi connectivity index (χ2n) is 5.50. The number of esters is 2. The number of rotatable bonds is 6. The zero-order valence-corrected chi connectivity index (χ0v) is 15.2. The number of carbonyl (C=O) groups is 3. The summed E-state index contributed by atoms with van der Waals surface area (Å²) in [4.78, 5) is 37.0. The number of benzene rings is 1. The topological polar surface area (TPSA) is 94.8 Å². The molecule has 7 nitrogen and oxygen atoms in total. The third kappa shape index (κ3) is 4.11. The molecule has 0 aliphatic carbocycles. The molecule has 2 aromatic rings. The molecule has 0 aliphatic rings. The van der Waals surface area contributed by atoms with Crippen LogP contribution < -0.4 is 5.32 Å². The first-order valence-electron chi connectivity index (χ1n) is 8.24. The van der Waals surface area contributed by atoms with Crippen molar-refractivity contribution in [1.29, 1.82) is 0 Å². The Hall–Kier alpha value is -3.09. The summed E-state index contributed by atoms with van der Waals surface area (Å²) in [5, 5.41) is 2.53. The minimum Gasteiger partial charge on any atom is -0.462 e. The van der Waals surface area contributed by atoms with Crippen molar-refractivity contribution in [1.82, 2.24) is 0 Å². The predicted molar refractivity (Wildman–Crippen MR) is 94.5 cm³/mol. The average molecular weight is 359 g/mol. The number of nitrogens with one attached hydrogen (secondary N) is 1. The van der Waals surface area contributed by atoms with Crippen molar-refractivity contribution >= 4 is 23.7 Å². The molecule has 26 heavy (non-hydrogen) atoms. The molecular formula is C19H21NO6. The first-order valence-corrected chi connectivity index (χ1v) is 8.24. The first-order chi connectivity index (χ1) is 12.4. The van der Waals surface area contributed by atoms with E-state index in [1.54, 1.807) is 38.1 Å². The largest absolute Gasteiger partial charge is 0.462 e. The molecule has 0 bridgehead atoms. The maximum atomic E-state index is 12.4. The minimum absolute atomic E-state index is 0.0514. The number of ether oxygens (including phenoxy) is 2. The van der Waals surface area contributed by atoms with Crippen LogP contribution in [0.5, 0.6) is 0 Å². The number of hydrogen-bond donors (Lipinski definition) is 1. The third-order valence-corrected chi connectivity index (χ3v) is 3.58. The fourth-order valence-corrected chi connectivity index (χ4v) is 2.36. The highest BCUT2D eigenvalue weighted by molar-refractivity contribution is 6.11. The molecule has 0 saturated carbocycles. The van der Waals surface area contributed by atoms with Gasteiger partial charge < -0.3 is 13.9 Å². The fraction of sp³-hybridized carbons (Fsp3) is 0.316. The Balaban J connectivity index is 2.42. The fourth-order valence-electron chi connectivity index (χ4n) is 2.36. The molecule has 0 atom stereocenters. The van der Waals surface area contributed by atoms with Gasteiger partial charge in [0, 0.05) is 5.56 Å². The van der Waals surface area contributed by atoms with Crippen molar-refractivity contribution in [2.24, 2.45) is 0 Å². The van der Waals surface area contributed by atoms with Crippen molar-refractivity contribution in [3.8, 4) is 0 Å². The Kier molecular flexibility index (Phi) is 6.16. The van der Waals surface area contributed by atoms with Crippen LogP contribution in [0.1, 0.15) is 56.2 Å². The predicted octanol–water partition coefficient (Wildman–Crippen LogP) is 3.50. The van der Waals surface area contributed by atoms with Crippen LogP contribution in [-0.2, 0) is 9.47 Å². The van der Waals surface area contributed by atoms with E-state index in [-0.39, 0.29) is 36.0 Å². The summed E-state index contributed by atoms with van der Waals surface area (Å²) >= 11 is 0. The molecule has 0 radical (unpaired) electrons. The third-order valence-electron chi connectivity index (χ3n) is 3.58. The van der Waals surface area contributed by atoms with Gasteiger partial charge in [0.2, 0.25) is 5.88 Å². The maximum Gasteiger partial charge on any atom is 0.344 e. The molecule has 1 amide bonds. The first kappa shape index (κ1) is 19.2. The second kappa shape index (κ2) is 8.33. The van der Waals surface area contributed by atoms with Crippen LogP contribution in [0.25, 0.3) is 0 Å². The monoisotopic (exact) mass is 359 g/mol. The zero-order valence-electron chi connectivity index (χ0n) is 15.2. The lowest BCUT2D eigenvalue weighted by Gasteiger charge is -2.07. The average Bonchev–Trinajstić information content (AvgIpc) is 2.92. The molecule has 1 aromatic carbocycles.